The molecule has 0 bridgehead atoms. The van der Waals surface area contributed by atoms with Crippen LogP contribution in [0.25, 0.3) is 33.1 Å². The molecule has 0 fully saturated rings. The van der Waals surface area contributed by atoms with Crippen molar-refractivity contribution in [2.75, 3.05) is 0 Å². The van der Waals surface area contributed by atoms with Crippen molar-refractivity contribution < 1.29 is 18.4 Å². The van der Waals surface area contributed by atoms with Crippen LogP contribution in [-0.2, 0) is 0 Å². The molecule has 2 heterocycles. The van der Waals surface area contributed by atoms with Gasteiger partial charge in [0.25, 0.3) is 0 Å². The zero-order valence-corrected chi connectivity index (χ0v) is 18.1. The quantitative estimate of drug-likeness (QED) is 0.177. The molecule has 0 saturated carbocycles. The molecule has 3 aromatic carbocycles. The molecule has 0 unspecified atom stereocenters. The highest BCUT2D eigenvalue weighted by Gasteiger charge is 2.18. The van der Waals surface area contributed by atoms with Crippen LogP contribution < -0.4 is 15.8 Å². The third-order valence-corrected chi connectivity index (χ3v) is 5.59. The van der Waals surface area contributed by atoms with E-state index in [0.717, 1.165) is 0 Å². The molecule has 0 aliphatic carbocycles. The number of para-hydroxylation sites is 1. The van der Waals surface area contributed by atoms with Crippen molar-refractivity contribution >= 4 is 51.1 Å². The fourth-order valence-electron chi connectivity index (χ4n) is 3.43. The van der Waals surface area contributed by atoms with Crippen molar-refractivity contribution in [3.63, 3.8) is 0 Å². The minimum Gasteiger partial charge on any atom is -0.463 e. The van der Waals surface area contributed by atoms with Gasteiger partial charge in [0.2, 0.25) is 5.43 Å². The summed E-state index contributed by atoms with van der Waals surface area (Å²) < 4.78 is 16.1. The van der Waals surface area contributed by atoms with Gasteiger partial charge in [-0.25, -0.2) is 9.59 Å². The molecule has 6 nitrogen and oxygen atoms in total. The topological polar surface area (TPSA) is 86.7 Å². The number of carbonyl (C=O) groups excluding carboxylic acids is 1. The Hall–Kier alpha value is -3.87. The molecule has 5 aromatic rings. The Bertz CT molecular complexity index is 1680. The Balaban J connectivity index is 1.49. The molecule has 5 rings (SSSR count). The Morgan fingerprint density at radius 3 is 2.48 bits per heavy atom. The Labute approximate surface area is 195 Å². The first-order valence-electron chi connectivity index (χ1n) is 9.67. The largest absolute Gasteiger partial charge is 0.463 e. The van der Waals surface area contributed by atoms with Crippen molar-refractivity contribution in [3.05, 3.63) is 109 Å². The molecule has 162 valence electrons. The van der Waals surface area contributed by atoms with E-state index >= 15 is 0 Å². The molecule has 0 aliphatic heterocycles. The van der Waals surface area contributed by atoms with E-state index in [4.69, 9.17) is 36.8 Å². The van der Waals surface area contributed by atoms with Crippen LogP contribution in [0.4, 0.5) is 0 Å². The predicted octanol–water partition coefficient (Wildman–Crippen LogP) is 6.09. The maximum atomic E-state index is 13.0. The summed E-state index contributed by atoms with van der Waals surface area (Å²) in [5.41, 5.74) is -0.0576. The summed E-state index contributed by atoms with van der Waals surface area (Å²) in [6.07, 6.45) is 1.28. The Morgan fingerprint density at radius 2 is 1.67 bits per heavy atom. The van der Waals surface area contributed by atoms with Gasteiger partial charge in [-0.2, -0.15) is 0 Å². The third kappa shape index (κ3) is 3.91. The molecule has 0 amide bonds. The van der Waals surface area contributed by atoms with Crippen molar-refractivity contribution in [1.29, 1.82) is 0 Å². The first kappa shape index (κ1) is 21.0. The van der Waals surface area contributed by atoms with E-state index in [1.807, 2.05) is 0 Å². The number of ether oxygens (including phenoxy) is 1. The van der Waals surface area contributed by atoms with Crippen LogP contribution in [0.5, 0.6) is 5.75 Å². The minimum absolute atomic E-state index is 0.0977. The van der Waals surface area contributed by atoms with Gasteiger partial charge in [-0.15, -0.1) is 0 Å². The van der Waals surface area contributed by atoms with Crippen LogP contribution in [0.3, 0.4) is 0 Å². The monoisotopic (exact) mass is 478 g/mol. The highest BCUT2D eigenvalue weighted by Crippen LogP contribution is 2.30. The molecule has 0 radical (unpaired) electrons. The summed E-state index contributed by atoms with van der Waals surface area (Å²) in [5, 5.41) is 1.61. The van der Waals surface area contributed by atoms with E-state index in [0.29, 0.717) is 26.6 Å². The molecular weight excluding hydrogens is 467 g/mol. The lowest BCUT2D eigenvalue weighted by molar-refractivity contribution is 0.0730. The number of halogens is 2. The summed E-state index contributed by atoms with van der Waals surface area (Å²) in [4.78, 5) is 37.8. The second kappa shape index (κ2) is 8.24. The lowest BCUT2D eigenvalue weighted by Crippen LogP contribution is -2.18. The van der Waals surface area contributed by atoms with Gasteiger partial charge in [-0.1, -0.05) is 47.5 Å². The molecule has 0 atom stereocenters. The molecule has 0 aliphatic rings. The lowest BCUT2D eigenvalue weighted by Gasteiger charge is -2.07. The number of hydrogen-bond acceptors (Lipinski definition) is 6. The second-order valence-electron chi connectivity index (χ2n) is 7.14. The fourth-order valence-corrected chi connectivity index (χ4v) is 3.94. The van der Waals surface area contributed by atoms with Crippen LogP contribution in [0.2, 0.25) is 10.0 Å². The van der Waals surface area contributed by atoms with Crippen LogP contribution in [-0.4, -0.2) is 5.97 Å². The van der Waals surface area contributed by atoms with Crippen molar-refractivity contribution in [2.45, 2.75) is 0 Å². The van der Waals surface area contributed by atoms with E-state index < -0.39 is 11.6 Å². The number of esters is 1. The van der Waals surface area contributed by atoms with Crippen molar-refractivity contribution in [3.8, 4) is 16.9 Å². The van der Waals surface area contributed by atoms with Gasteiger partial charge >= 0.3 is 11.6 Å². The fraction of sp³-hybridized carbons (Fsp3) is 0. The van der Waals surface area contributed by atoms with Gasteiger partial charge in [0.15, 0.2) is 0 Å². The SMILES string of the molecule is O=C(Oc1ccc2c(=O)c(-c3ccc(Cl)cc3Cl)coc2c1)c1cc2ccccc2oc1=O. The van der Waals surface area contributed by atoms with Crippen LogP contribution in [0.1, 0.15) is 10.4 Å². The molecule has 8 heteroatoms. The van der Waals surface area contributed by atoms with Gasteiger partial charge in [0.1, 0.15) is 28.7 Å². The van der Waals surface area contributed by atoms with Gasteiger partial charge < -0.3 is 13.6 Å². The molecular formula is C25H12Cl2O6. The summed E-state index contributed by atoms with van der Waals surface area (Å²) in [6.45, 7) is 0. The van der Waals surface area contributed by atoms with Crippen LogP contribution in [0.15, 0.2) is 91.4 Å². The van der Waals surface area contributed by atoms with Gasteiger partial charge in [-0.05, 0) is 36.4 Å². The average Bonchev–Trinajstić information content (AvgIpc) is 2.79. The van der Waals surface area contributed by atoms with Gasteiger partial charge in [0, 0.05) is 22.0 Å². The Morgan fingerprint density at radius 1 is 0.848 bits per heavy atom. The molecule has 0 spiro atoms. The summed E-state index contributed by atoms with van der Waals surface area (Å²) in [6, 6.07) is 17.3. The van der Waals surface area contributed by atoms with Crippen LogP contribution >= 0.6 is 23.2 Å². The van der Waals surface area contributed by atoms with E-state index in [-0.39, 0.29) is 33.3 Å². The van der Waals surface area contributed by atoms with Crippen molar-refractivity contribution in [1.82, 2.24) is 0 Å². The van der Waals surface area contributed by atoms with Gasteiger partial charge in [-0.3, -0.25) is 4.79 Å². The minimum atomic E-state index is -0.888. The normalized spacial score (nSPS) is 11.1. The summed E-state index contributed by atoms with van der Waals surface area (Å²) >= 11 is 12.1. The maximum Gasteiger partial charge on any atom is 0.351 e. The predicted molar refractivity (Wildman–Crippen MR) is 125 cm³/mol. The maximum absolute atomic E-state index is 13.0. The highest BCUT2D eigenvalue weighted by molar-refractivity contribution is 6.36. The standard InChI is InChI=1S/C25H12Cl2O6/c26-14-5-7-16(20(27)10-14)19-12-31-22-11-15(6-8-17(22)23(19)28)32-24(29)18-9-13-3-1-2-4-21(13)33-25(18)30/h1-12H. The highest BCUT2D eigenvalue weighted by atomic mass is 35.5. The van der Waals surface area contributed by atoms with E-state index in [1.54, 1.807) is 36.4 Å². The second-order valence-corrected chi connectivity index (χ2v) is 7.98. The summed E-state index contributed by atoms with van der Waals surface area (Å²) in [7, 11) is 0. The number of hydrogen-bond donors (Lipinski definition) is 0. The molecule has 2 aromatic heterocycles. The van der Waals surface area contributed by atoms with Gasteiger partial charge in [0.05, 0.1) is 16.0 Å². The number of carbonyl (C=O) groups is 1. The zero-order chi connectivity index (χ0) is 23.1. The Kier molecular flexibility index (Phi) is 5.24. The van der Waals surface area contributed by atoms with E-state index in [9.17, 15) is 14.4 Å². The first-order valence-corrected chi connectivity index (χ1v) is 10.4. The first-order chi connectivity index (χ1) is 15.9. The van der Waals surface area contributed by atoms with E-state index in [1.165, 1.54) is 36.6 Å². The number of benzene rings is 3. The number of rotatable bonds is 3. The smallest absolute Gasteiger partial charge is 0.351 e. The molecule has 33 heavy (non-hydrogen) atoms. The van der Waals surface area contributed by atoms with E-state index in [2.05, 4.69) is 0 Å². The average molecular weight is 479 g/mol. The lowest BCUT2D eigenvalue weighted by atomic mass is 10.1. The third-order valence-electron chi connectivity index (χ3n) is 5.04. The zero-order valence-electron chi connectivity index (χ0n) is 16.6. The summed E-state index contributed by atoms with van der Waals surface area (Å²) in [5.74, 6) is -0.791. The van der Waals surface area contributed by atoms with Crippen LogP contribution in [0, 0.1) is 0 Å². The molecule has 0 saturated heterocycles. The van der Waals surface area contributed by atoms with Crippen molar-refractivity contribution in [2.24, 2.45) is 0 Å². The number of fused-ring (bicyclic) bond motifs is 2. The molecule has 0 N–H and O–H groups in total.